The molecule has 0 amide bonds. The molecule has 1 N–H and O–H groups in total. The molecular formula is C9H9Br2N3. The SMILES string of the molecule is BrN1C=C(c2ccccc2)CN(Br)N1. The summed E-state index contributed by atoms with van der Waals surface area (Å²) in [6, 6.07) is 10.3. The molecule has 2 rings (SSSR count). The summed E-state index contributed by atoms with van der Waals surface area (Å²) in [5.74, 6) is 0. The number of rotatable bonds is 1. The maximum Gasteiger partial charge on any atom is 0.0678 e. The zero-order valence-electron chi connectivity index (χ0n) is 7.32. The largest absolute Gasteiger partial charge is 0.234 e. The fraction of sp³-hybridized carbons (Fsp3) is 0.111. The van der Waals surface area contributed by atoms with Crippen molar-refractivity contribution in [2.24, 2.45) is 0 Å². The third kappa shape index (κ3) is 2.36. The van der Waals surface area contributed by atoms with Gasteiger partial charge in [-0.25, -0.2) is 4.03 Å². The van der Waals surface area contributed by atoms with E-state index in [-0.39, 0.29) is 0 Å². The van der Waals surface area contributed by atoms with Gasteiger partial charge in [0.2, 0.25) is 0 Å². The summed E-state index contributed by atoms with van der Waals surface area (Å²) in [4.78, 5) is 0. The second-order valence-electron chi connectivity index (χ2n) is 2.95. The lowest BCUT2D eigenvalue weighted by Gasteiger charge is -2.27. The molecule has 14 heavy (non-hydrogen) atoms. The lowest BCUT2D eigenvalue weighted by Crippen LogP contribution is -2.41. The summed E-state index contributed by atoms with van der Waals surface area (Å²) < 4.78 is 3.55. The minimum absolute atomic E-state index is 0.812. The van der Waals surface area contributed by atoms with Crippen LogP contribution in [0.5, 0.6) is 0 Å². The van der Waals surface area contributed by atoms with Crippen molar-refractivity contribution < 1.29 is 0 Å². The van der Waals surface area contributed by atoms with E-state index in [4.69, 9.17) is 0 Å². The monoisotopic (exact) mass is 317 g/mol. The molecule has 0 saturated heterocycles. The van der Waals surface area contributed by atoms with E-state index in [1.807, 2.05) is 28.4 Å². The van der Waals surface area contributed by atoms with Crippen molar-refractivity contribution in [3.63, 3.8) is 0 Å². The molecule has 0 aromatic heterocycles. The summed E-state index contributed by atoms with van der Waals surface area (Å²) in [7, 11) is 0. The van der Waals surface area contributed by atoms with Crippen molar-refractivity contribution in [2.45, 2.75) is 0 Å². The van der Waals surface area contributed by atoms with Crippen LogP contribution in [-0.4, -0.2) is 14.6 Å². The minimum Gasteiger partial charge on any atom is -0.234 e. The average Bonchev–Trinajstić information content (AvgIpc) is 2.18. The van der Waals surface area contributed by atoms with E-state index in [1.54, 1.807) is 4.03 Å². The zero-order valence-corrected chi connectivity index (χ0v) is 10.5. The highest BCUT2D eigenvalue weighted by Crippen LogP contribution is 2.21. The molecule has 0 atom stereocenters. The topological polar surface area (TPSA) is 18.5 Å². The Morgan fingerprint density at radius 3 is 2.50 bits per heavy atom. The Labute approximate surface area is 100.0 Å². The van der Waals surface area contributed by atoms with Gasteiger partial charge in [-0.1, -0.05) is 30.3 Å². The molecule has 1 heterocycles. The van der Waals surface area contributed by atoms with Gasteiger partial charge in [-0.15, -0.1) is 5.53 Å². The molecule has 0 spiro atoms. The Balaban J connectivity index is 2.26. The van der Waals surface area contributed by atoms with E-state index in [0.717, 1.165) is 6.54 Å². The van der Waals surface area contributed by atoms with Gasteiger partial charge in [0.15, 0.2) is 0 Å². The number of hydrazine groups is 2. The lowest BCUT2D eigenvalue weighted by atomic mass is 10.1. The quantitative estimate of drug-likeness (QED) is 0.803. The van der Waals surface area contributed by atoms with Crippen LogP contribution in [0.25, 0.3) is 5.57 Å². The smallest absolute Gasteiger partial charge is 0.0678 e. The Hall–Kier alpha value is -0.360. The van der Waals surface area contributed by atoms with Gasteiger partial charge >= 0.3 is 0 Å². The predicted molar refractivity (Wildman–Crippen MR) is 64.0 cm³/mol. The standard InChI is InChI=1S/C9H9Br2N3/c10-13-6-9(7-14(11)12-13)8-4-2-1-3-5-8/h1-6,12H,7H2. The molecule has 0 aliphatic carbocycles. The van der Waals surface area contributed by atoms with E-state index < -0.39 is 0 Å². The van der Waals surface area contributed by atoms with Gasteiger partial charge in [-0.2, -0.15) is 4.03 Å². The van der Waals surface area contributed by atoms with Crippen molar-refractivity contribution in [3.05, 3.63) is 42.1 Å². The van der Waals surface area contributed by atoms with E-state index >= 15 is 0 Å². The lowest BCUT2D eigenvalue weighted by molar-refractivity contribution is 0.260. The van der Waals surface area contributed by atoms with Crippen LogP contribution in [-0.2, 0) is 0 Å². The minimum atomic E-state index is 0.812. The Morgan fingerprint density at radius 2 is 1.86 bits per heavy atom. The van der Waals surface area contributed by atoms with Crippen LogP contribution < -0.4 is 5.53 Å². The summed E-state index contributed by atoms with van der Waals surface area (Å²) in [5.41, 5.74) is 5.46. The van der Waals surface area contributed by atoms with Crippen LogP contribution in [0.3, 0.4) is 0 Å². The Bertz CT molecular complexity index is 339. The molecule has 1 aromatic rings. The van der Waals surface area contributed by atoms with Crippen molar-refractivity contribution in [2.75, 3.05) is 6.54 Å². The second kappa shape index (κ2) is 4.44. The van der Waals surface area contributed by atoms with Gasteiger partial charge in [-0.3, -0.25) is 0 Å². The number of benzene rings is 1. The fourth-order valence-electron chi connectivity index (χ4n) is 1.31. The van der Waals surface area contributed by atoms with Gasteiger partial charge in [0.05, 0.1) is 22.7 Å². The van der Waals surface area contributed by atoms with Gasteiger partial charge in [0.1, 0.15) is 0 Å². The van der Waals surface area contributed by atoms with Gasteiger partial charge < -0.3 is 0 Å². The zero-order chi connectivity index (χ0) is 9.97. The van der Waals surface area contributed by atoms with Crippen LogP contribution >= 0.6 is 32.3 Å². The Kier molecular flexibility index (Phi) is 3.22. The summed E-state index contributed by atoms with van der Waals surface area (Å²) in [6.45, 7) is 0.812. The number of nitrogens with one attached hydrogen (secondary N) is 1. The predicted octanol–water partition coefficient (Wildman–Crippen LogP) is 2.68. The Morgan fingerprint density at radius 1 is 1.14 bits per heavy atom. The van der Waals surface area contributed by atoms with Crippen molar-refractivity contribution in [1.29, 1.82) is 0 Å². The number of nitrogens with zero attached hydrogens (tertiary/aromatic N) is 2. The first kappa shape index (κ1) is 10.2. The van der Waals surface area contributed by atoms with E-state index in [0.29, 0.717) is 0 Å². The maximum atomic E-state index is 3.38. The molecule has 1 aliphatic heterocycles. The van der Waals surface area contributed by atoms with Crippen molar-refractivity contribution >= 4 is 37.9 Å². The summed E-state index contributed by atoms with van der Waals surface area (Å²) >= 11 is 6.72. The van der Waals surface area contributed by atoms with Crippen LogP contribution in [0.1, 0.15) is 5.56 Å². The number of hydrogen-bond donors (Lipinski definition) is 1. The first-order valence-corrected chi connectivity index (χ1v) is 5.58. The molecule has 1 aromatic carbocycles. The van der Waals surface area contributed by atoms with E-state index in [2.05, 4.69) is 50.0 Å². The third-order valence-corrected chi connectivity index (χ3v) is 2.70. The summed E-state index contributed by atoms with van der Waals surface area (Å²) in [5, 5.41) is 0. The molecule has 1 aliphatic rings. The van der Waals surface area contributed by atoms with E-state index in [1.165, 1.54) is 11.1 Å². The molecule has 0 fully saturated rings. The van der Waals surface area contributed by atoms with Crippen LogP contribution in [0.15, 0.2) is 36.5 Å². The highest BCUT2D eigenvalue weighted by atomic mass is 79.9. The van der Waals surface area contributed by atoms with Crippen molar-refractivity contribution in [1.82, 2.24) is 13.6 Å². The van der Waals surface area contributed by atoms with Crippen LogP contribution in [0.4, 0.5) is 0 Å². The fourth-order valence-corrected chi connectivity index (χ4v) is 2.41. The van der Waals surface area contributed by atoms with Crippen molar-refractivity contribution in [3.8, 4) is 0 Å². The maximum absolute atomic E-state index is 3.38. The van der Waals surface area contributed by atoms with Gasteiger partial charge in [0.25, 0.3) is 0 Å². The normalized spacial score (nSPS) is 18.1. The summed E-state index contributed by atoms with van der Waals surface area (Å²) in [6.07, 6.45) is 2.01. The molecule has 5 heteroatoms. The molecule has 74 valence electrons. The molecule has 0 saturated carbocycles. The molecular weight excluding hydrogens is 310 g/mol. The van der Waals surface area contributed by atoms with E-state index in [9.17, 15) is 0 Å². The number of hydrogen-bond acceptors (Lipinski definition) is 3. The van der Waals surface area contributed by atoms with Gasteiger partial charge in [0, 0.05) is 22.3 Å². The highest BCUT2D eigenvalue weighted by molar-refractivity contribution is 9.08. The van der Waals surface area contributed by atoms with Crippen LogP contribution in [0.2, 0.25) is 0 Å². The van der Waals surface area contributed by atoms with Crippen LogP contribution in [0, 0.1) is 0 Å². The second-order valence-corrected chi connectivity index (χ2v) is 4.57. The molecule has 3 nitrogen and oxygen atoms in total. The molecule has 0 unspecified atom stereocenters. The third-order valence-electron chi connectivity index (χ3n) is 1.93. The first-order valence-electron chi connectivity index (χ1n) is 4.16. The number of halogens is 2. The van der Waals surface area contributed by atoms with Gasteiger partial charge in [-0.05, 0) is 11.1 Å². The highest BCUT2D eigenvalue weighted by Gasteiger charge is 2.14. The average molecular weight is 319 g/mol. The molecule has 0 radical (unpaired) electrons. The first-order chi connectivity index (χ1) is 6.75. The molecule has 0 bridgehead atoms.